The Morgan fingerprint density at radius 3 is 2.67 bits per heavy atom. The maximum atomic E-state index is 12.9. The third-order valence-corrected chi connectivity index (χ3v) is 5.05. The zero-order valence-corrected chi connectivity index (χ0v) is 15.1. The van der Waals surface area contributed by atoms with Gasteiger partial charge in [0.2, 0.25) is 0 Å². The average Bonchev–Trinajstić information content (AvgIpc) is 2.94. The second-order valence-electron chi connectivity index (χ2n) is 7.14. The summed E-state index contributed by atoms with van der Waals surface area (Å²) in [6.07, 6.45) is 4.38. The molecule has 4 rings (SSSR count). The Hall–Kier alpha value is -3.16. The highest BCUT2D eigenvalue weighted by atomic mass is 16.6. The van der Waals surface area contributed by atoms with Gasteiger partial charge in [0.1, 0.15) is 11.4 Å². The average molecular weight is 367 g/mol. The van der Waals surface area contributed by atoms with Gasteiger partial charge >= 0.3 is 6.09 Å². The number of likely N-dealkylation sites (tertiary alicyclic amines) is 1. The molecule has 2 amide bonds. The maximum absolute atomic E-state index is 12.9. The van der Waals surface area contributed by atoms with Crippen LogP contribution in [0.25, 0.3) is 11.3 Å². The fourth-order valence-electron chi connectivity index (χ4n) is 3.76. The first kappa shape index (κ1) is 17.3. The van der Waals surface area contributed by atoms with E-state index in [1.165, 1.54) is 6.20 Å². The van der Waals surface area contributed by atoms with Crippen LogP contribution < -0.4 is 5.73 Å². The number of nitrogen functional groups attached to an aromatic ring is 1. The zero-order chi connectivity index (χ0) is 19.0. The molecular weight excluding hydrogens is 346 g/mol. The Morgan fingerprint density at radius 2 is 2.00 bits per heavy atom. The Balaban J connectivity index is 1.50. The number of amides is 2. The van der Waals surface area contributed by atoms with Crippen LogP contribution in [-0.2, 0) is 4.74 Å². The highest BCUT2D eigenvalue weighted by molar-refractivity contribution is 5.95. The smallest absolute Gasteiger partial charge is 0.410 e. The van der Waals surface area contributed by atoms with E-state index in [0.717, 1.165) is 18.4 Å². The topological polar surface area (TPSA) is 102 Å². The maximum Gasteiger partial charge on any atom is 0.410 e. The molecule has 8 nitrogen and oxygen atoms in total. The minimum atomic E-state index is -0.586. The van der Waals surface area contributed by atoms with E-state index in [4.69, 9.17) is 10.5 Å². The molecule has 3 heterocycles. The van der Waals surface area contributed by atoms with Gasteiger partial charge in [-0.15, -0.1) is 0 Å². The van der Waals surface area contributed by atoms with Gasteiger partial charge in [0, 0.05) is 24.7 Å². The third-order valence-electron chi connectivity index (χ3n) is 5.05. The second-order valence-corrected chi connectivity index (χ2v) is 7.14. The van der Waals surface area contributed by atoms with Gasteiger partial charge in [0.15, 0.2) is 0 Å². The lowest BCUT2D eigenvalue weighted by Crippen LogP contribution is -2.52. The van der Waals surface area contributed by atoms with Gasteiger partial charge in [0.05, 0.1) is 31.2 Å². The van der Waals surface area contributed by atoms with Crippen molar-refractivity contribution in [3.63, 3.8) is 0 Å². The Kier molecular flexibility index (Phi) is 4.18. The summed E-state index contributed by atoms with van der Waals surface area (Å²) in [5.74, 6) is 0.284. The van der Waals surface area contributed by atoms with Crippen molar-refractivity contribution < 1.29 is 14.3 Å². The van der Waals surface area contributed by atoms with Gasteiger partial charge in [-0.05, 0) is 25.0 Å². The molecule has 1 aromatic carbocycles. The van der Waals surface area contributed by atoms with Crippen LogP contribution in [0.4, 0.5) is 10.6 Å². The van der Waals surface area contributed by atoms with E-state index in [1.54, 1.807) is 35.2 Å². The lowest BCUT2D eigenvalue weighted by molar-refractivity contribution is -0.00521. The van der Waals surface area contributed by atoms with Crippen molar-refractivity contribution in [3.8, 4) is 11.3 Å². The fraction of sp³-hybridized carbons (Fsp3) is 0.368. The van der Waals surface area contributed by atoms with Crippen LogP contribution in [0.1, 0.15) is 23.2 Å². The Labute approximate surface area is 156 Å². The van der Waals surface area contributed by atoms with Crippen molar-refractivity contribution in [3.05, 3.63) is 42.2 Å². The summed E-state index contributed by atoms with van der Waals surface area (Å²) >= 11 is 0. The number of anilines is 1. The lowest BCUT2D eigenvalue weighted by Gasteiger charge is -2.38. The number of piperidine rings is 1. The molecule has 2 aliphatic rings. The van der Waals surface area contributed by atoms with Gasteiger partial charge in [-0.25, -0.2) is 9.78 Å². The minimum Gasteiger partial charge on any atom is -0.439 e. The number of hydrogen-bond donors (Lipinski definition) is 1. The van der Waals surface area contributed by atoms with Gasteiger partial charge < -0.3 is 20.3 Å². The summed E-state index contributed by atoms with van der Waals surface area (Å²) in [6, 6.07) is 7.22. The number of hydrogen-bond acceptors (Lipinski definition) is 6. The molecule has 0 radical (unpaired) electrons. The standard InChI is InChI=1S/C19H21N5O3/c1-23-11-19(27-18(23)26)7-2-8-24(12-19)17(25)14-5-3-13(4-6-14)15-9-21-10-16(20)22-15/h3-6,9-10H,2,7-8,11-12H2,1H3,(H2,20,22). The van der Waals surface area contributed by atoms with Gasteiger partial charge in [0.25, 0.3) is 5.91 Å². The SMILES string of the molecule is CN1CC2(CCCN(C(=O)c3ccc(-c4cncc(N)n4)cc3)C2)OC1=O. The van der Waals surface area contributed by atoms with Crippen molar-refractivity contribution >= 4 is 17.8 Å². The van der Waals surface area contributed by atoms with Crippen molar-refractivity contribution in [2.45, 2.75) is 18.4 Å². The largest absolute Gasteiger partial charge is 0.439 e. The monoisotopic (exact) mass is 367 g/mol. The number of aromatic nitrogens is 2. The number of carbonyl (C=O) groups excluding carboxylic acids is 2. The predicted molar refractivity (Wildman–Crippen MR) is 98.9 cm³/mol. The Morgan fingerprint density at radius 1 is 1.22 bits per heavy atom. The molecule has 2 N–H and O–H groups in total. The molecule has 1 spiro atoms. The normalized spacial score (nSPS) is 22.2. The molecule has 27 heavy (non-hydrogen) atoms. The van der Waals surface area contributed by atoms with Gasteiger partial charge in [-0.2, -0.15) is 0 Å². The number of rotatable bonds is 2. The summed E-state index contributed by atoms with van der Waals surface area (Å²) in [4.78, 5) is 36.3. The van der Waals surface area contributed by atoms with Crippen LogP contribution in [0.5, 0.6) is 0 Å². The van der Waals surface area contributed by atoms with E-state index in [-0.39, 0.29) is 12.0 Å². The van der Waals surface area contributed by atoms with Crippen LogP contribution in [0.15, 0.2) is 36.7 Å². The zero-order valence-electron chi connectivity index (χ0n) is 15.1. The van der Waals surface area contributed by atoms with Gasteiger partial charge in [-0.3, -0.25) is 9.78 Å². The number of nitrogens with zero attached hydrogens (tertiary/aromatic N) is 4. The second kappa shape index (κ2) is 6.53. The first-order valence-corrected chi connectivity index (χ1v) is 8.87. The summed E-state index contributed by atoms with van der Waals surface area (Å²) < 4.78 is 5.57. The third kappa shape index (κ3) is 3.30. The molecule has 2 aliphatic heterocycles. The van der Waals surface area contributed by atoms with Crippen molar-refractivity contribution in [2.75, 3.05) is 32.4 Å². The van der Waals surface area contributed by atoms with E-state index >= 15 is 0 Å². The van der Waals surface area contributed by atoms with Crippen LogP contribution >= 0.6 is 0 Å². The number of nitrogens with two attached hydrogens (primary N) is 1. The fourth-order valence-corrected chi connectivity index (χ4v) is 3.76. The molecule has 8 heteroatoms. The molecule has 140 valence electrons. The molecule has 0 saturated carbocycles. The first-order chi connectivity index (χ1) is 13.0. The highest BCUT2D eigenvalue weighted by Gasteiger charge is 2.47. The first-order valence-electron chi connectivity index (χ1n) is 8.87. The van der Waals surface area contributed by atoms with E-state index in [0.29, 0.717) is 36.7 Å². The van der Waals surface area contributed by atoms with Crippen molar-refractivity contribution in [2.24, 2.45) is 0 Å². The Bertz CT molecular complexity index is 885. The molecule has 2 aromatic rings. The summed E-state index contributed by atoms with van der Waals surface area (Å²) in [7, 11) is 1.72. The number of carbonyl (C=O) groups is 2. The summed E-state index contributed by atoms with van der Waals surface area (Å²) in [5, 5.41) is 0. The molecule has 2 fully saturated rings. The quantitative estimate of drug-likeness (QED) is 0.868. The lowest BCUT2D eigenvalue weighted by atomic mass is 9.92. The van der Waals surface area contributed by atoms with Crippen molar-refractivity contribution in [1.29, 1.82) is 0 Å². The molecule has 0 bridgehead atoms. The molecule has 1 aromatic heterocycles. The number of likely N-dealkylation sites (N-methyl/N-ethyl adjacent to an activating group) is 1. The predicted octanol–water partition coefficient (Wildman–Crippen LogP) is 1.78. The number of ether oxygens (including phenoxy) is 1. The highest BCUT2D eigenvalue weighted by Crippen LogP contribution is 2.32. The molecule has 0 aliphatic carbocycles. The van der Waals surface area contributed by atoms with Crippen LogP contribution in [-0.4, -0.2) is 64.1 Å². The summed E-state index contributed by atoms with van der Waals surface area (Å²) in [5.41, 5.74) is 7.18. The van der Waals surface area contributed by atoms with E-state index in [2.05, 4.69) is 9.97 Å². The van der Waals surface area contributed by atoms with E-state index < -0.39 is 5.60 Å². The molecular formula is C19H21N5O3. The summed E-state index contributed by atoms with van der Waals surface area (Å²) in [6.45, 7) is 1.59. The van der Waals surface area contributed by atoms with Gasteiger partial charge in [-0.1, -0.05) is 12.1 Å². The van der Waals surface area contributed by atoms with Crippen molar-refractivity contribution in [1.82, 2.24) is 19.8 Å². The molecule has 1 atom stereocenters. The van der Waals surface area contributed by atoms with Crippen LogP contribution in [0.2, 0.25) is 0 Å². The molecule has 2 saturated heterocycles. The van der Waals surface area contributed by atoms with E-state index in [9.17, 15) is 9.59 Å². The number of benzene rings is 1. The minimum absolute atomic E-state index is 0.0649. The van der Waals surface area contributed by atoms with Crippen LogP contribution in [0.3, 0.4) is 0 Å². The van der Waals surface area contributed by atoms with Crippen LogP contribution in [0, 0.1) is 0 Å². The van der Waals surface area contributed by atoms with E-state index in [1.807, 2.05) is 12.1 Å². The molecule has 1 unspecified atom stereocenters.